The average molecular weight is 271 g/mol. The van der Waals surface area contributed by atoms with E-state index >= 15 is 0 Å². The van der Waals surface area contributed by atoms with Gasteiger partial charge in [0.1, 0.15) is 5.82 Å². The second-order valence-electron chi connectivity index (χ2n) is 4.35. The minimum absolute atomic E-state index is 0.00632. The minimum Gasteiger partial charge on any atom is -0.478 e. The van der Waals surface area contributed by atoms with Crippen LogP contribution in [0.2, 0.25) is 0 Å². The number of halogens is 2. The molecule has 0 bridgehead atoms. The molecule has 19 heavy (non-hydrogen) atoms. The average Bonchev–Trinajstić information content (AvgIpc) is 2.69. The molecule has 1 aliphatic heterocycles. The molecule has 102 valence electrons. The maximum absolute atomic E-state index is 13.8. The predicted molar refractivity (Wildman–Crippen MR) is 60.9 cm³/mol. The fraction of sp³-hybridized carbons (Fsp3) is 0.333. The molecule has 2 rings (SSSR count). The van der Waals surface area contributed by atoms with Gasteiger partial charge >= 0.3 is 5.97 Å². The number of carboxylic acids is 1. The van der Waals surface area contributed by atoms with Crippen LogP contribution in [0.15, 0.2) is 12.1 Å². The number of benzene rings is 1. The molecule has 0 aliphatic carbocycles. The van der Waals surface area contributed by atoms with Gasteiger partial charge < -0.3 is 15.1 Å². The molecule has 1 saturated heterocycles. The van der Waals surface area contributed by atoms with Gasteiger partial charge in [-0.25, -0.2) is 13.6 Å². The van der Waals surface area contributed by atoms with Gasteiger partial charge in [-0.15, -0.1) is 0 Å². The number of rotatable bonds is 3. The fourth-order valence-electron chi connectivity index (χ4n) is 2.12. The molecule has 1 unspecified atom stereocenters. The monoisotopic (exact) mass is 271 g/mol. The highest BCUT2D eigenvalue weighted by atomic mass is 19.1. The van der Waals surface area contributed by atoms with Crippen LogP contribution in [0, 0.1) is 17.6 Å². The third-order valence-electron chi connectivity index (χ3n) is 2.99. The van der Waals surface area contributed by atoms with Crippen LogP contribution in [0.1, 0.15) is 16.8 Å². The Kier molecular flexibility index (Phi) is 3.48. The molecule has 1 aliphatic rings. The minimum atomic E-state index is -1.52. The second-order valence-corrected chi connectivity index (χ2v) is 4.35. The van der Waals surface area contributed by atoms with Crippen LogP contribution in [-0.4, -0.2) is 35.2 Å². The Labute approximate surface area is 107 Å². The highest BCUT2D eigenvalue weighted by Crippen LogP contribution is 2.31. The van der Waals surface area contributed by atoms with Crippen LogP contribution in [-0.2, 0) is 4.79 Å². The van der Waals surface area contributed by atoms with Crippen molar-refractivity contribution in [3.05, 3.63) is 29.3 Å². The first-order chi connectivity index (χ1) is 8.93. The second kappa shape index (κ2) is 4.93. The molecular formula is C12H11F2NO4. The van der Waals surface area contributed by atoms with Crippen molar-refractivity contribution in [1.29, 1.82) is 0 Å². The summed E-state index contributed by atoms with van der Waals surface area (Å²) in [4.78, 5) is 23.7. The Morgan fingerprint density at radius 2 is 2.11 bits per heavy atom. The number of carbonyl (C=O) groups is 2. The maximum Gasteiger partial charge on any atom is 0.338 e. The summed E-state index contributed by atoms with van der Waals surface area (Å²) in [6.07, 6.45) is 0.00632. The number of carboxylic acid groups (broad SMARTS) is 1. The third kappa shape index (κ3) is 2.41. The van der Waals surface area contributed by atoms with Crippen LogP contribution in [0.25, 0.3) is 0 Å². The van der Waals surface area contributed by atoms with Gasteiger partial charge in [0, 0.05) is 31.6 Å². The van der Waals surface area contributed by atoms with Gasteiger partial charge in [-0.2, -0.15) is 0 Å². The number of hydrogen-bond acceptors (Lipinski definition) is 3. The van der Waals surface area contributed by atoms with Gasteiger partial charge in [0.25, 0.3) is 0 Å². The highest BCUT2D eigenvalue weighted by Gasteiger charge is 2.34. The highest BCUT2D eigenvalue weighted by molar-refractivity contribution is 6.03. The topological polar surface area (TPSA) is 77.8 Å². The lowest BCUT2D eigenvalue weighted by Gasteiger charge is -2.19. The van der Waals surface area contributed by atoms with E-state index in [1.165, 1.54) is 0 Å². The molecule has 1 fully saturated rings. The summed E-state index contributed by atoms with van der Waals surface area (Å²) < 4.78 is 26.8. The van der Waals surface area contributed by atoms with E-state index in [4.69, 9.17) is 10.2 Å². The van der Waals surface area contributed by atoms with E-state index in [9.17, 15) is 18.4 Å². The number of aliphatic hydroxyl groups is 1. The first kappa shape index (κ1) is 13.4. The van der Waals surface area contributed by atoms with Crippen molar-refractivity contribution in [3.8, 4) is 0 Å². The summed E-state index contributed by atoms with van der Waals surface area (Å²) in [5.74, 6) is -4.52. The van der Waals surface area contributed by atoms with Gasteiger partial charge in [0.05, 0.1) is 11.3 Å². The summed E-state index contributed by atoms with van der Waals surface area (Å²) in [6.45, 7) is -0.244. The molecule has 0 spiro atoms. The summed E-state index contributed by atoms with van der Waals surface area (Å²) in [7, 11) is 0. The fourth-order valence-corrected chi connectivity index (χ4v) is 2.12. The molecule has 1 heterocycles. The van der Waals surface area contributed by atoms with E-state index in [2.05, 4.69) is 0 Å². The Bertz CT molecular complexity index is 547. The lowest BCUT2D eigenvalue weighted by molar-refractivity contribution is -0.117. The number of carbonyl (C=O) groups excluding carboxylic acids is 1. The maximum atomic E-state index is 13.8. The summed E-state index contributed by atoms with van der Waals surface area (Å²) in [5, 5.41) is 18.0. The summed E-state index contributed by atoms with van der Waals surface area (Å²) >= 11 is 0. The molecule has 1 amide bonds. The van der Waals surface area contributed by atoms with Gasteiger partial charge in [0.15, 0.2) is 5.82 Å². The van der Waals surface area contributed by atoms with Gasteiger partial charge in [-0.3, -0.25) is 4.79 Å². The van der Waals surface area contributed by atoms with E-state index in [0.717, 1.165) is 4.90 Å². The van der Waals surface area contributed by atoms with Crippen LogP contribution in [0.5, 0.6) is 0 Å². The van der Waals surface area contributed by atoms with Crippen LogP contribution in [0.3, 0.4) is 0 Å². The van der Waals surface area contributed by atoms with E-state index < -0.39 is 34.8 Å². The molecule has 2 N–H and O–H groups in total. The molecule has 0 aromatic heterocycles. The van der Waals surface area contributed by atoms with E-state index in [1.807, 2.05) is 0 Å². The van der Waals surface area contributed by atoms with E-state index in [1.54, 1.807) is 0 Å². The Morgan fingerprint density at radius 1 is 1.42 bits per heavy atom. The number of amides is 1. The zero-order valence-electron chi connectivity index (χ0n) is 9.77. The molecule has 1 aromatic carbocycles. The Balaban J connectivity index is 2.50. The van der Waals surface area contributed by atoms with Crippen molar-refractivity contribution in [2.75, 3.05) is 18.1 Å². The lowest BCUT2D eigenvalue weighted by atomic mass is 10.1. The van der Waals surface area contributed by atoms with Gasteiger partial charge in [-0.05, 0) is 6.07 Å². The zero-order chi connectivity index (χ0) is 14.2. The lowest BCUT2D eigenvalue weighted by Crippen LogP contribution is -2.28. The Morgan fingerprint density at radius 3 is 2.63 bits per heavy atom. The van der Waals surface area contributed by atoms with Crippen molar-refractivity contribution < 1.29 is 28.6 Å². The number of aliphatic hydroxyl groups excluding tert-OH is 1. The van der Waals surface area contributed by atoms with E-state index in [0.29, 0.717) is 12.1 Å². The largest absolute Gasteiger partial charge is 0.478 e. The smallest absolute Gasteiger partial charge is 0.338 e. The number of nitrogens with zero attached hydrogens (tertiary/aromatic N) is 1. The van der Waals surface area contributed by atoms with Gasteiger partial charge in [-0.1, -0.05) is 0 Å². The van der Waals surface area contributed by atoms with Crippen molar-refractivity contribution in [2.45, 2.75) is 6.42 Å². The third-order valence-corrected chi connectivity index (χ3v) is 2.99. The number of anilines is 1. The molecule has 7 heteroatoms. The van der Waals surface area contributed by atoms with Crippen LogP contribution in [0.4, 0.5) is 14.5 Å². The SMILES string of the molecule is O=C(O)c1cc(F)cc(F)c1N1CC(CO)CC1=O. The first-order valence-electron chi connectivity index (χ1n) is 5.57. The summed E-state index contributed by atoms with van der Waals surface area (Å²) in [6, 6.07) is 1.20. The molecule has 5 nitrogen and oxygen atoms in total. The molecular weight excluding hydrogens is 260 g/mol. The van der Waals surface area contributed by atoms with Crippen molar-refractivity contribution >= 4 is 17.6 Å². The normalized spacial score (nSPS) is 19.0. The summed E-state index contributed by atoms with van der Waals surface area (Å²) in [5.41, 5.74) is -1.06. The van der Waals surface area contributed by atoms with Gasteiger partial charge in [0.2, 0.25) is 5.91 Å². The number of hydrogen-bond donors (Lipinski definition) is 2. The molecule has 0 saturated carbocycles. The van der Waals surface area contributed by atoms with Crippen molar-refractivity contribution in [1.82, 2.24) is 0 Å². The van der Waals surface area contributed by atoms with Crippen LogP contribution < -0.4 is 4.90 Å². The van der Waals surface area contributed by atoms with E-state index in [-0.39, 0.29) is 25.5 Å². The first-order valence-corrected chi connectivity index (χ1v) is 5.57. The zero-order valence-corrected chi connectivity index (χ0v) is 9.77. The quantitative estimate of drug-likeness (QED) is 0.860. The van der Waals surface area contributed by atoms with Crippen molar-refractivity contribution in [3.63, 3.8) is 0 Å². The standard InChI is InChI=1S/C12H11F2NO4/c13-7-2-8(12(18)19)11(9(14)3-7)15-4-6(5-16)1-10(15)17/h2-3,6,16H,1,4-5H2,(H,18,19). The molecule has 1 atom stereocenters. The predicted octanol–water partition coefficient (Wildman–Crippen LogP) is 1.01. The van der Waals surface area contributed by atoms with Crippen LogP contribution >= 0.6 is 0 Å². The van der Waals surface area contributed by atoms with Crippen molar-refractivity contribution in [2.24, 2.45) is 5.92 Å². The number of aromatic carboxylic acids is 1. The molecule has 0 radical (unpaired) electrons. The Hall–Kier alpha value is -2.02. The molecule has 1 aromatic rings.